The van der Waals surface area contributed by atoms with Crippen molar-refractivity contribution in [2.24, 2.45) is 10.8 Å². The van der Waals surface area contributed by atoms with Gasteiger partial charge in [-0.3, -0.25) is 9.59 Å². The van der Waals surface area contributed by atoms with Crippen molar-refractivity contribution >= 4 is 22.9 Å². The number of carbonyl (C=O) groups excluding carboxylic acids is 1. The van der Waals surface area contributed by atoms with Gasteiger partial charge in [-0.1, -0.05) is 12.1 Å². The Morgan fingerprint density at radius 2 is 1.72 bits per heavy atom. The molecule has 2 aromatic heterocycles. The lowest BCUT2D eigenvalue weighted by Crippen LogP contribution is -2.48. The van der Waals surface area contributed by atoms with Gasteiger partial charge in [-0.05, 0) is 85.8 Å². The summed E-state index contributed by atoms with van der Waals surface area (Å²) in [6, 6.07) is 9.73. The van der Waals surface area contributed by atoms with Gasteiger partial charge in [0.05, 0.1) is 12.0 Å². The Labute approximate surface area is 223 Å². The second-order valence-electron chi connectivity index (χ2n) is 11.4. The molecule has 2 bridgehead atoms. The van der Waals surface area contributed by atoms with E-state index >= 15 is 0 Å². The van der Waals surface area contributed by atoms with Gasteiger partial charge in [-0.25, -0.2) is 4.98 Å². The van der Waals surface area contributed by atoms with Crippen molar-refractivity contribution in [1.82, 2.24) is 14.5 Å². The maximum absolute atomic E-state index is 13.6. The molecule has 7 nitrogen and oxygen atoms in total. The number of nitrogens with zero attached hydrogens (tertiary/aromatic N) is 3. The Morgan fingerprint density at radius 3 is 2.36 bits per heavy atom. The summed E-state index contributed by atoms with van der Waals surface area (Å²) in [4.78, 5) is 31.9. The number of fused-ring (bicyclic) bond motifs is 6. The van der Waals surface area contributed by atoms with Crippen LogP contribution in [-0.4, -0.2) is 44.3 Å². The molecule has 7 rings (SSSR count). The number of hydrogen-bond acceptors (Lipinski definition) is 4. The minimum Gasteiger partial charge on any atom is -0.481 e. The van der Waals surface area contributed by atoms with Gasteiger partial charge in [0.25, 0.3) is 0 Å². The second kappa shape index (κ2) is 9.27. The third-order valence-electron chi connectivity index (χ3n) is 9.25. The molecule has 3 fully saturated rings. The number of halogens is 3. The first-order chi connectivity index (χ1) is 18.6. The number of rotatable bonds is 6. The summed E-state index contributed by atoms with van der Waals surface area (Å²) in [5.74, 6) is -0.871. The summed E-state index contributed by atoms with van der Waals surface area (Å²) >= 11 is 0. The fourth-order valence-corrected chi connectivity index (χ4v) is 6.90. The number of amides is 1. The SMILES string of the molecule is O=C(CC12CCC(C(=O)O)(CC1)CC2)N1CCc2c(n(Cc3ccc(OC(F)(F)F)cc3)c3ncccc23)C1. The smallest absolute Gasteiger partial charge is 0.481 e. The molecule has 3 aliphatic carbocycles. The van der Waals surface area contributed by atoms with E-state index in [0.717, 1.165) is 47.1 Å². The van der Waals surface area contributed by atoms with Crippen molar-refractivity contribution in [1.29, 1.82) is 0 Å². The van der Waals surface area contributed by atoms with Crippen LogP contribution in [0.2, 0.25) is 0 Å². The van der Waals surface area contributed by atoms with Crippen LogP contribution in [0.4, 0.5) is 13.2 Å². The molecule has 3 aromatic rings. The molecule has 1 amide bonds. The second-order valence-corrected chi connectivity index (χ2v) is 11.4. The summed E-state index contributed by atoms with van der Waals surface area (Å²) in [6.45, 7) is 1.45. The van der Waals surface area contributed by atoms with Crippen LogP contribution >= 0.6 is 0 Å². The van der Waals surface area contributed by atoms with Gasteiger partial charge in [0.15, 0.2) is 0 Å². The average molecular weight is 542 g/mol. The highest BCUT2D eigenvalue weighted by atomic mass is 19.4. The fourth-order valence-electron chi connectivity index (χ4n) is 6.90. The van der Waals surface area contributed by atoms with Crippen LogP contribution < -0.4 is 4.74 Å². The molecule has 0 saturated heterocycles. The molecule has 39 heavy (non-hydrogen) atoms. The summed E-state index contributed by atoms with van der Waals surface area (Å²) in [5.41, 5.74) is 3.02. The number of carboxylic acid groups (broad SMARTS) is 1. The zero-order valence-corrected chi connectivity index (χ0v) is 21.5. The highest BCUT2D eigenvalue weighted by Gasteiger charge is 2.53. The maximum Gasteiger partial charge on any atom is 0.573 e. The fraction of sp³-hybridized carbons (Fsp3) is 0.483. The van der Waals surface area contributed by atoms with Gasteiger partial charge in [-0.2, -0.15) is 0 Å². The summed E-state index contributed by atoms with van der Waals surface area (Å²) in [7, 11) is 0. The highest BCUT2D eigenvalue weighted by Crippen LogP contribution is 2.58. The van der Waals surface area contributed by atoms with Crippen molar-refractivity contribution in [2.75, 3.05) is 6.54 Å². The monoisotopic (exact) mass is 541 g/mol. The van der Waals surface area contributed by atoms with Crippen LogP contribution in [0.3, 0.4) is 0 Å². The van der Waals surface area contributed by atoms with Gasteiger partial charge in [-0.15, -0.1) is 13.2 Å². The number of aromatic nitrogens is 2. The van der Waals surface area contributed by atoms with Crippen LogP contribution in [0.1, 0.15) is 61.8 Å². The van der Waals surface area contributed by atoms with Gasteiger partial charge in [0.1, 0.15) is 11.4 Å². The summed E-state index contributed by atoms with van der Waals surface area (Å²) in [6.07, 6.45) is 2.39. The largest absolute Gasteiger partial charge is 0.573 e. The molecule has 0 unspecified atom stereocenters. The lowest BCUT2D eigenvalue weighted by molar-refractivity contribution is -0.274. The molecule has 1 aromatic carbocycles. The molecule has 206 valence electrons. The lowest BCUT2D eigenvalue weighted by Gasteiger charge is -2.51. The van der Waals surface area contributed by atoms with Gasteiger partial charge in [0.2, 0.25) is 5.91 Å². The number of hydrogen-bond donors (Lipinski definition) is 1. The molecule has 10 heteroatoms. The number of ether oxygens (including phenoxy) is 1. The molecule has 3 saturated carbocycles. The Kier molecular flexibility index (Phi) is 6.11. The number of benzene rings is 1. The van der Waals surface area contributed by atoms with Gasteiger partial charge < -0.3 is 19.3 Å². The quantitative estimate of drug-likeness (QED) is 0.434. The molecule has 0 spiro atoms. The van der Waals surface area contributed by atoms with E-state index in [2.05, 4.69) is 14.3 Å². The topological polar surface area (TPSA) is 84.7 Å². The summed E-state index contributed by atoms with van der Waals surface area (Å²) in [5, 5.41) is 10.7. The van der Waals surface area contributed by atoms with E-state index in [4.69, 9.17) is 0 Å². The van der Waals surface area contributed by atoms with Crippen molar-refractivity contribution in [3.63, 3.8) is 0 Å². The zero-order valence-electron chi connectivity index (χ0n) is 21.5. The maximum atomic E-state index is 13.6. The molecular weight excluding hydrogens is 511 g/mol. The van der Waals surface area contributed by atoms with E-state index in [1.54, 1.807) is 18.3 Å². The van der Waals surface area contributed by atoms with E-state index < -0.39 is 17.7 Å². The van der Waals surface area contributed by atoms with Crippen LogP contribution in [0, 0.1) is 10.8 Å². The van der Waals surface area contributed by atoms with E-state index in [1.807, 2.05) is 17.0 Å². The standard InChI is InChI=1S/C29H30F3N3O4/c30-29(31,32)39-20-5-3-19(4-6-20)17-35-23-18-34(15-7-21(23)22-2-1-14-33-25(22)35)24(36)16-27-8-11-28(12-9-27,13-10-27)26(37)38/h1-6,14H,7-13,15-18H2,(H,37,38). The van der Waals surface area contributed by atoms with Crippen molar-refractivity contribution in [2.45, 2.75) is 70.8 Å². The van der Waals surface area contributed by atoms with E-state index in [9.17, 15) is 27.9 Å². The first-order valence-corrected chi connectivity index (χ1v) is 13.4. The number of pyridine rings is 1. The Bertz CT molecular complexity index is 1410. The molecule has 4 aliphatic rings. The Balaban J connectivity index is 1.22. The third-order valence-corrected chi connectivity index (χ3v) is 9.25. The summed E-state index contributed by atoms with van der Waals surface area (Å²) < 4.78 is 43.8. The van der Waals surface area contributed by atoms with Crippen molar-refractivity contribution in [3.05, 3.63) is 59.4 Å². The molecule has 0 radical (unpaired) electrons. The van der Waals surface area contributed by atoms with Crippen LogP contribution in [0.15, 0.2) is 42.6 Å². The number of carboxylic acids is 1. The average Bonchev–Trinajstić information content (AvgIpc) is 3.22. The van der Waals surface area contributed by atoms with Crippen molar-refractivity contribution < 1.29 is 32.6 Å². The van der Waals surface area contributed by atoms with Gasteiger partial charge >= 0.3 is 12.3 Å². The van der Waals surface area contributed by atoms with Crippen molar-refractivity contribution in [3.8, 4) is 5.75 Å². The highest BCUT2D eigenvalue weighted by molar-refractivity contribution is 5.84. The molecule has 1 N–H and O–H groups in total. The van der Waals surface area contributed by atoms with Crippen LogP contribution in [0.25, 0.3) is 11.0 Å². The van der Waals surface area contributed by atoms with Crippen LogP contribution in [0.5, 0.6) is 5.75 Å². The molecule has 1 aliphatic heterocycles. The number of aliphatic carboxylic acids is 1. The molecule has 0 atom stereocenters. The molecular formula is C29H30F3N3O4. The minimum absolute atomic E-state index is 0.101. The number of alkyl halides is 3. The Morgan fingerprint density at radius 1 is 1.03 bits per heavy atom. The first-order valence-electron chi connectivity index (χ1n) is 13.4. The first kappa shape index (κ1) is 25.7. The molecule has 3 heterocycles. The minimum atomic E-state index is -4.74. The zero-order chi connectivity index (χ0) is 27.4. The normalized spacial score (nSPS) is 24.5. The van der Waals surface area contributed by atoms with E-state index in [1.165, 1.54) is 12.1 Å². The predicted molar refractivity (Wildman–Crippen MR) is 136 cm³/mol. The predicted octanol–water partition coefficient (Wildman–Crippen LogP) is 5.68. The number of carbonyl (C=O) groups is 2. The Hall–Kier alpha value is -3.56. The van der Waals surface area contributed by atoms with E-state index in [-0.39, 0.29) is 17.1 Å². The lowest BCUT2D eigenvalue weighted by atomic mass is 9.53. The third kappa shape index (κ3) is 4.74. The van der Waals surface area contributed by atoms with Crippen LogP contribution in [-0.2, 0) is 29.1 Å². The van der Waals surface area contributed by atoms with E-state index in [0.29, 0.717) is 51.7 Å². The van der Waals surface area contributed by atoms with Gasteiger partial charge in [0, 0.05) is 36.8 Å².